The van der Waals surface area contributed by atoms with Crippen LogP contribution in [0.15, 0.2) is 24.3 Å². The van der Waals surface area contributed by atoms with E-state index in [4.69, 9.17) is 5.11 Å². The van der Waals surface area contributed by atoms with Gasteiger partial charge in [-0.25, -0.2) is 4.79 Å². The van der Waals surface area contributed by atoms with Crippen LogP contribution in [0.25, 0.3) is 0 Å². The van der Waals surface area contributed by atoms with Crippen molar-refractivity contribution in [2.45, 2.75) is 13.0 Å². The fourth-order valence-electron chi connectivity index (χ4n) is 1.99. The van der Waals surface area contributed by atoms with Crippen LogP contribution in [-0.4, -0.2) is 36.1 Å². The number of aryl methyl sites for hydroxylation is 1. The number of nitrogens with one attached hydrogen (secondary N) is 1. The summed E-state index contributed by atoms with van der Waals surface area (Å²) < 4.78 is 0. The highest BCUT2D eigenvalue weighted by atomic mass is 16.4. The summed E-state index contributed by atoms with van der Waals surface area (Å²) in [5, 5.41) is 11.4. The Kier molecular flexibility index (Phi) is 2.99. The highest BCUT2D eigenvalue weighted by Crippen LogP contribution is 2.20. The zero-order valence-electron chi connectivity index (χ0n) is 9.51. The van der Waals surface area contributed by atoms with Gasteiger partial charge < -0.3 is 15.3 Å². The zero-order valence-corrected chi connectivity index (χ0v) is 9.51. The van der Waals surface area contributed by atoms with Gasteiger partial charge in [-0.3, -0.25) is 4.79 Å². The second-order valence-corrected chi connectivity index (χ2v) is 4.13. The molecule has 1 saturated heterocycles. The molecule has 1 amide bonds. The molecule has 1 aromatic rings. The Hall–Kier alpha value is -2.04. The van der Waals surface area contributed by atoms with Crippen molar-refractivity contribution in [3.63, 3.8) is 0 Å². The van der Waals surface area contributed by atoms with Crippen LogP contribution >= 0.6 is 0 Å². The van der Waals surface area contributed by atoms with E-state index in [1.165, 1.54) is 0 Å². The van der Waals surface area contributed by atoms with E-state index in [1.807, 2.05) is 31.2 Å². The van der Waals surface area contributed by atoms with Crippen LogP contribution in [0, 0.1) is 6.92 Å². The number of amides is 1. The van der Waals surface area contributed by atoms with E-state index < -0.39 is 12.0 Å². The van der Waals surface area contributed by atoms with Crippen LogP contribution < -0.4 is 10.2 Å². The van der Waals surface area contributed by atoms with E-state index >= 15 is 0 Å². The number of aliphatic carboxylic acids is 1. The molecule has 0 spiro atoms. The largest absolute Gasteiger partial charge is 0.480 e. The van der Waals surface area contributed by atoms with Gasteiger partial charge in [0.25, 0.3) is 0 Å². The normalized spacial score (nSPS) is 19.9. The molecule has 1 unspecified atom stereocenters. The molecule has 1 heterocycles. The third kappa shape index (κ3) is 2.38. The summed E-state index contributed by atoms with van der Waals surface area (Å²) in [5.74, 6) is -1.26. The summed E-state index contributed by atoms with van der Waals surface area (Å²) in [4.78, 5) is 24.2. The molecule has 1 aliphatic rings. The van der Waals surface area contributed by atoms with Crippen LogP contribution in [0.2, 0.25) is 0 Å². The maximum atomic E-state index is 11.5. The highest BCUT2D eigenvalue weighted by Gasteiger charge is 2.29. The molecule has 5 heteroatoms. The van der Waals surface area contributed by atoms with Crippen molar-refractivity contribution >= 4 is 17.6 Å². The summed E-state index contributed by atoms with van der Waals surface area (Å²) in [5.41, 5.74) is 1.94. The first-order valence-corrected chi connectivity index (χ1v) is 5.40. The third-order valence-electron chi connectivity index (χ3n) is 2.83. The van der Waals surface area contributed by atoms with E-state index in [2.05, 4.69) is 5.32 Å². The molecule has 2 rings (SSSR count). The topological polar surface area (TPSA) is 69.6 Å². The van der Waals surface area contributed by atoms with E-state index in [0.717, 1.165) is 11.3 Å². The monoisotopic (exact) mass is 234 g/mol. The molecule has 5 nitrogen and oxygen atoms in total. The van der Waals surface area contributed by atoms with Gasteiger partial charge in [0.1, 0.15) is 6.04 Å². The number of carboxylic acids is 1. The van der Waals surface area contributed by atoms with E-state index in [1.54, 1.807) is 4.90 Å². The van der Waals surface area contributed by atoms with Crippen LogP contribution in [-0.2, 0) is 9.59 Å². The molecule has 90 valence electrons. The van der Waals surface area contributed by atoms with Crippen molar-refractivity contribution in [2.24, 2.45) is 0 Å². The first-order valence-electron chi connectivity index (χ1n) is 5.40. The van der Waals surface area contributed by atoms with Crippen LogP contribution in [0.3, 0.4) is 0 Å². The van der Waals surface area contributed by atoms with E-state index in [9.17, 15) is 9.59 Å². The molecule has 1 fully saturated rings. The van der Waals surface area contributed by atoms with Crippen molar-refractivity contribution in [3.8, 4) is 0 Å². The lowest BCUT2D eigenvalue weighted by molar-refractivity contribution is -0.142. The molecule has 0 radical (unpaired) electrons. The zero-order chi connectivity index (χ0) is 12.4. The van der Waals surface area contributed by atoms with Gasteiger partial charge in [-0.2, -0.15) is 0 Å². The quantitative estimate of drug-likeness (QED) is 0.776. The Morgan fingerprint density at radius 2 is 2.18 bits per heavy atom. The van der Waals surface area contributed by atoms with Crippen LogP contribution in [0.4, 0.5) is 5.69 Å². The smallest absolute Gasteiger partial charge is 0.328 e. The van der Waals surface area contributed by atoms with Crippen LogP contribution in [0.5, 0.6) is 0 Å². The molecule has 1 aliphatic heterocycles. The lowest BCUT2D eigenvalue weighted by Crippen LogP contribution is -2.57. The number of hydrogen-bond acceptors (Lipinski definition) is 3. The van der Waals surface area contributed by atoms with Crippen molar-refractivity contribution in [2.75, 3.05) is 18.0 Å². The number of anilines is 1. The van der Waals surface area contributed by atoms with Gasteiger partial charge in [-0.15, -0.1) is 0 Å². The summed E-state index contributed by atoms with van der Waals surface area (Å²) in [6.07, 6.45) is 0. The number of para-hydroxylation sites is 1. The molecule has 0 bridgehead atoms. The molecule has 0 aromatic heterocycles. The number of carboxylic acid groups (broad SMARTS) is 1. The Labute approximate surface area is 99.0 Å². The average molecular weight is 234 g/mol. The van der Waals surface area contributed by atoms with Gasteiger partial charge in [0.15, 0.2) is 0 Å². The predicted octanol–water partition coefficient (Wildman–Crippen LogP) is 0.384. The average Bonchev–Trinajstić information content (AvgIpc) is 2.28. The lowest BCUT2D eigenvalue weighted by Gasteiger charge is -2.33. The third-order valence-corrected chi connectivity index (χ3v) is 2.83. The van der Waals surface area contributed by atoms with Gasteiger partial charge >= 0.3 is 5.97 Å². The van der Waals surface area contributed by atoms with E-state index in [-0.39, 0.29) is 12.5 Å². The van der Waals surface area contributed by atoms with Crippen molar-refractivity contribution in [3.05, 3.63) is 29.8 Å². The van der Waals surface area contributed by atoms with Gasteiger partial charge in [0.05, 0.1) is 6.54 Å². The number of hydrogen-bond donors (Lipinski definition) is 2. The fraction of sp³-hybridized carbons (Fsp3) is 0.333. The standard InChI is InChI=1S/C12H14N2O3/c1-8-4-2-3-5-10(8)14-6-9(12(16)17)13-11(15)7-14/h2-5,9H,6-7H2,1H3,(H,13,15)(H,16,17). The van der Waals surface area contributed by atoms with Crippen molar-refractivity contribution in [1.82, 2.24) is 5.32 Å². The first kappa shape index (κ1) is 11.4. The molecule has 2 N–H and O–H groups in total. The maximum absolute atomic E-state index is 11.5. The Morgan fingerprint density at radius 3 is 2.82 bits per heavy atom. The number of carbonyl (C=O) groups is 2. The minimum Gasteiger partial charge on any atom is -0.480 e. The lowest BCUT2D eigenvalue weighted by atomic mass is 10.1. The highest BCUT2D eigenvalue weighted by molar-refractivity contribution is 5.89. The van der Waals surface area contributed by atoms with Gasteiger partial charge in [0, 0.05) is 12.2 Å². The molecule has 1 atom stereocenters. The van der Waals surface area contributed by atoms with Crippen molar-refractivity contribution < 1.29 is 14.7 Å². The minimum absolute atomic E-state index is 0.203. The molecule has 17 heavy (non-hydrogen) atoms. The SMILES string of the molecule is Cc1ccccc1N1CC(=O)NC(C(=O)O)C1. The Bertz CT molecular complexity index is 459. The predicted molar refractivity (Wildman–Crippen MR) is 63.0 cm³/mol. The minimum atomic E-state index is -1.00. The second-order valence-electron chi connectivity index (χ2n) is 4.13. The molecule has 0 aliphatic carbocycles. The fourth-order valence-corrected chi connectivity index (χ4v) is 1.99. The van der Waals surface area contributed by atoms with Gasteiger partial charge in [0.2, 0.25) is 5.91 Å². The summed E-state index contributed by atoms with van der Waals surface area (Å²) in [6, 6.07) is 6.79. The molecule has 0 saturated carbocycles. The molecular formula is C12H14N2O3. The summed E-state index contributed by atoms with van der Waals surface area (Å²) in [7, 11) is 0. The van der Waals surface area contributed by atoms with Gasteiger partial charge in [-0.1, -0.05) is 18.2 Å². The first-order chi connectivity index (χ1) is 8.08. The number of rotatable bonds is 2. The van der Waals surface area contributed by atoms with Gasteiger partial charge in [-0.05, 0) is 18.6 Å². The second kappa shape index (κ2) is 4.45. The maximum Gasteiger partial charge on any atom is 0.328 e. The van der Waals surface area contributed by atoms with Crippen LogP contribution in [0.1, 0.15) is 5.56 Å². The molecule has 1 aromatic carbocycles. The Morgan fingerprint density at radius 1 is 1.47 bits per heavy atom. The van der Waals surface area contributed by atoms with Crippen molar-refractivity contribution in [1.29, 1.82) is 0 Å². The number of benzene rings is 1. The Balaban J connectivity index is 2.24. The number of nitrogens with zero attached hydrogens (tertiary/aromatic N) is 1. The number of piperazine rings is 1. The molecular weight excluding hydrogens is 220 g/mol. The summed E-state index contributed by atoms with van der Waals surface area (Å²) in [6.45, 7) is 2.44. The summed E-state index contributed by atoms with van der Waals surface area (Å²) >= 11 is 0. The van der Waals surface area contributed by atoms with E-state index in [0.29, 0.717) is 6.54 Å². The number of carbonyl (C=O) groups excluding carboxylic acids is 1.